The van der Waals surface area contributed by atoms with Crippen LogP contribution in [0.1, 0.15) is 12.5 Å². The molecule has 1 aliphatic heterocycles. The molecular weight excluding hydrogens is 456 g/mol. The van der Waals surface area contributed by atoms with Gasteiger partial charge in [0.1, 0.15) is 12.0 Å². The third-order valence-electron chi connectivity index (χ3n) is 6.02. The minimum absolute atomic E-state index is 0.0659. The van der Waals surface area contributed by atoms with Crippen LogP contribution in [0.15, 0.2) is 48.3 Å². The highest BCUT2D eigenvalue weighted by Crippen LogP contribution is 2.26. The number of hydrogen-bond acceptors (Lipinski definition) is 8. The first kappa shape index (κ1) is 22.2. The molecule has 0 bridgehead atoms. The van der Waals surface area contributed by atoms with Gasteiger partial charge in [-0.15, -0.1) is 0 Å². The van der Waals surface area contributed by atoms with E-state index in [4.69, 9.17) is 0 Å². The molecule has 0 spiro atoms. The lowest BCUT2D eigenvalue weighted by Crippen LogP contribution is -2.49. The molecule has 4 aromatic rings. The summed E-state index contributed by atoms with van der Waals surface area (Å²) in [5, 5.41) is 18.9. The molecule has 1 N–H and O–H groups in total. The highest BCUT2D eigenvalue weighted by atomic mass is 32.2. The molecule has 0 aromatic carbocycles. The van der Waals surface area contributed by atoms with Crippen LogP contribution in [0.2, 0.25) is 0 Å². The van der Waals surface area contributed by atoms with Gasteiger partial charge in [0.15, 0.2) is 5.03 Å². The highest BCUT2D eigenvalue weighted by Gasteiger charge is 2.31. The number of H-pyrrole nitrogens is 1. The van der Waals surface area contributed by atoms with Gasteiger partial charge in [0.05, 0.1) is 30.4 Å². The Bertz CT molecular complexity index is 1440. The van der Waals surface area contributed by atoms with Crippen molar-refractivity contribution in [3.05, 3.63) is 43.2 Å². The maximum atomic E-state index is 12.8. The number of nitrogens with zero attached hydrogens (tertiary/aromatic N) is 9. The predicted molar refractivity (Wildman–Crippen MR) is 123 cm³/mol. The van der Waals surface area contributed by atoms with Crippen molar-refractivity contribution in [2.45, 2.75) is 17.5 Å². The zero-order chi connectivity index (χ0) is 23.7. The molecule has 0 amide bonds. The predicted octanol–water partition coefficient (Wildman–Crippen LogP) is 1.02. The van der Waals surface area contributed by atoms with Crippen LogP contribution >= 0.6 is 0 Å². The second-order valence-corrected chi connectivity index (χ2v) is 10.1. The summed E-state index contributed by atoms with van der Waals surface area (Å²) in [6.07, 6.45) is 8.89. The van der Waals surface area contributed by atoms with Crippen molar-refractivity contribution >= 4 is 21.1 Å². The Kier molecular flexibility index (Phi) is 5.86. The van der Waals surface area contributed by atoms with Gasteiger partial charge < -0.3 is 4.98 Å². The minimum Gasteiger partial charge on any atom is -0.346 e. The summed E-state index contributed by atoms with van der Waals surface area (Å²) in [4.78, 5) is 13.9. The van der Waals surface area contributed by atoms with Gasteiger partial charge in [-0.05, 0) is 12.1 Å². The van der Waals surface area contributed by atoms with Crippen LogP contribution in [-0.4, -0.2) is 84.9 Å². The summed E-state index contributed by atoms with van der Waals surface area (Å²) in [5.41, 5.74) is 2.38. The van der Waals surface area contributed by atoms with Crippen molar-refractivity contribution in [3.63, 3.8) is 0 Å². The second kappa shape index (κ2) is 8.98. The topological polar surface area (TPSA) is 142 Å². The molecule has 34 heavy (non-hydrogen) atoms. The number of rotatable bonds is 7. The van der Waals surface area contributed by atoms with Crippen molar-refractivity contribution in [1.29, 1.82) is 5.26 Å². The number of fused-ring (bicyclic) bond motifs is 1. The fourth-order valence-electron chi connectivity index (χ4n) is 4.22. The molecule has 5 heterocycles. The Morgan fingerprint density at radius 2 is 2.03 bits per heavy atom. The number of hydrogen-bond donors (Lipinski definition) is 1. The molecule has 0 radical (unpaired) electrons. The van der Waals surface area contributed by atoms with E-state index in [9.17, 15) is 13.7 Å². The molecule has 13 heteroatoms. The lowest BCUT2D eigenvalue weighted by molar-refractivity contribution is 0.162. The van der Waals surface area contributed by atoms with Gasteiger partial charge >= 0.3 is 0 Å². The number of aromatic nitrogens is 7. The molecule has 12 nitrogen and oxygen atoms in total. The van der Waals surface area contributed by atoms with Crippen molar-refractivity contribution in [2.24, 2.45) is 7.05 Å². The van der Waals surface area contributed by atoms with Crippen LogP contribution < -0.4 is 0 Å². The SMILES string of the molecule is Cn1ccc(S(=O)(=O)N2CCN(CC(CC#N)n3cc(-c4ncnc5[nH]ccc45)cn3)CC2)n1. The molecule has 0 saturated carbocycles. The van der Waals surface area contributed by atoms with Crippen molar-refractivity contribution in [1.82, 2.24) is 43.7 Å². The van der Waals surface area contributed by atoms with Crippen molar-refractivity contribution in [3.8, 4) is 17.3 Å². The molecule has 1 aliphatic rings. The average Bonchev–Trinajstić information content (AvgIpc) is 3.59. The van der Waals surface area contributed by atoms with E-state index >= 15 is 0 Å². The molecule has 1 saturated heterocycles. The van der Waals surface area contributed by atoms with Gasteiger partial charge in [-0.25, -0.2) is 18.4 Å². The van der Waals surface area contributed by atoms with E-state index in [0.29, 0.717) is 32.7 Å². The number of nitriles is 1. The Balaban J connectivity index is 1.28. The summed E-state index contributed by atoms with van der Waals surface area (Å²) in [7, 11) is -1.91. The Morgan fingerprint density at radius 1 is 1.21 bits per heavy atom. The smallest absolute Gasteiger partial charge is 0.262 e. The number of piperazine rings is 1. The fourth-order valence-corrected chi connectivity index (χ4v) is 5.60. The lowest BCUT2D eigenvalue weighted by atomic mass is 10.1. The van der Waals surface area contributed by atoms with Crippen LogP contribution in [0.5, 0.6) is 0 Å². The quantitative estimate of drug-likeness (QED) is 0.413. The van der Waals surface area contributed by atoms with Gasteiger partial charge in [0.2, 0.25) is 0 Å². The summed E-state index contributed by atoms with van der Waals surface area (Å²) in [5.74, 6) is 0. The van der Waals surface area contributed by atoms with Crippen LogP contribution in [0, 0.1) is 11.3 Å². The zero-order valence-electron chi connectivity index (χ0n) is 18.6. The summed E-state index contributed by atoms with van der Waals surface area (Å²) < 4.78 is 30.4. The maximum absolute atomic E-state index is 12.8. The first-order valence-electron chi connectivity index (χ1n) is 10.9. The van der Waals surface area contributed by atoms with E-state index in [1.165, 1.54) is 21.4 Å². The van der Waals surface area contributed by atoms with Crippen LogP contribution in [0.4, 0.5) is 0 Å². The standard InChI is InChI=1S/C21H24N10O2S/c1-28-7-4-19(27-28)34(32,33)30-10-8-29(9-11-30)14-17(2-5-22)31-13-16(12-26-31)20-18-3-6-23-21(18)25-15-24-20/h3-4,6-7,12-13,15,17H,2,8-11,14H2,1H3,(H,23,24,25). The normalized spacial score (nSPS) is 16.6. The third kappa shape index (κ3) is 4.18. The second-order valence-electron chi connectivity index (χ2n) is 8.22. The molecule has 176 valence electrons. The van der Waals surface area contributed by atoms with Gasteiger partial charge in [-0.2, -0.15) is 19.8 Å². The van der Waals surface area contributed by atoms with E-state index in [-0.39, 0.29) is 17.5 Å². The number of sulfonamides is 1. The van der Waals surface area contributed by atoms with E-state index in [1.807, 2.05) is 18.5 Å². The Morgan fingerprint density at radius 3 is 2.76 bits per heavy atom. The van der Waals surface area contributed by atoms with Gasteiger partial charge in [0, 0.05) is 69.3 Å². The number of aromatic amines is 1. The first-order chi connectivity index (χ1) is 16.5. The van der Waals surface area contributed by atoms with Crippen LogP contribution in [0.25, 0.3) is 22.3 Å². The van der Waals surface area contributed by atoms with Crippen molar-refractivity contribution < 1.29 is 8.42 Å². The average molecular weight is 481 g/mol. The lowest BCUT2D eigenvalue weighted by Gasteiger charge is -2.35. The van der Waals surface area contributed by atoms with E-state index in [0.717, 1.165) is 22.3 Å². The van der Waals surface area contributed by atoms with Crippen LogP contribution in [0.3, 0.4) is 0 Å². The van der Waals surface area contributed by atoms with Crippen LogP contribution in [-0.2, 0) is 17.1 Å². The summed E-state index contributed by atoms with van der Waals surface area (Å²) in [6, 6.07) is 5.52. The minimum atomic E-state index is -3.61. The molecule has 0 aliphatic carbocycles. The van der Waals surface area contributed by atoms with E-state index in [2.05, 4.69) is 36.1 Å². The molecule has 1 atom stereocenters. The molecular formula is C21H24N10O2S. The highest BCUT2D eigenvalue weighted by molar-refractivity contribution is 7.89. The van der Waals surface area contributed by atoms with E-state index in [1.54, 1.807) is 24.1 Å². The summed E-state index contributed by atoms with van der Waals surface area (Å²) in [6.45, 7) is 2.47. The van der Waals surface area contributed by atoms with E-state index < -0.39 is 10.0 Å². The first-order valence-corrected chi connectivity index (χ1v) is 12.3. The third-order valence-corrected chi connectivity index (χ3v) is 7.81. The van der Waals surface area contributed by atoms with Gasteiger partial charge in [-0.3, -0.25) is 14.3 Å². The molecule has 1 fully saturated rings. The number of aryl methyl sites for hydroxylation is 1. The molecule has 1 unspecified atom stereocenters. The number of nitrogens with one attached hydrogen (secondary N) is 1. The Hall–Kier alpha value is -3.60. The van der Waals surface area contributed by atoms with Gasteiger partial charge in [0.25, 0.3) is 10.0 Å². The Labute approximate surface area is 196 Å². The monoisotopic (exact) mass is 480 g/mol. The molecule has 5 rings (SSSR count). The molecule has 4 aromatic heterocycles. The van der Waals surface area contributed by atoms with Crippen molar-refractivity contribution in [2.75, 3.05) is 32.7 Å². The summed E-state index contributed by atoms with van der Waals surface area (Å²) >= 11 is 0. The maximum Gasteiger partial charge on any atom is 0.262 e. The fraction of sp³-hybridized carbons (Fsp3) is 0.381. The zero-order valence-corrected chi connectivity index (χ0v) is 19.4. The van der Waals surface area contributed by atoms with Gasteiger partial charge in [-0.1, -0.05) is 0 Å². The largest absolute Gasteiger partial charge is 0.346 e.